The van der Waals surface area contributed by atoms with Crippen LogP contribution in [0.3, 0.4) is 0 Å². The summed E-state index contributed by atoms with van der Waals surface area (Å²) in [6.45, 7) is 15.7. The first kappa shape index (κ1) is 48.5. The Morgan fingerprint density at radius 2 is 1.56 bits per heavy atom. The first-order valence-electron chi connectivity index (χ1n) is 18.6. The predicted molar refractivity (Wildman–Crippen MR) is 206 cm³/mol. The van der Waals surface area contributed by atoms with Crippen molar-refractivity contribution in [2.45, 2.75) is 117 Å². The number of amides is 5. The highest BCUT2D eigenvalue weighted by molar-refractivity contribution is 5.90. The van der Waals surface area contributed by atoms with Gasteiger partial charge in [-0.1, -0.05) is 83.4 Å². The number of likely N-dealkylation sites (tertiary alicyclic amines) is 1. The zero-order chi connectivity index (χ0) is 40.0. The number of hydrogen-bond acceptors (Lipinski definition) is 8. The maximum absolute atomic E-state index is 13.7. The molecule has 1 saturated heterocycles. The summed E-state index contributed by atoms with van der Waals surface area (Å²) >= 11 is 0. The zero-order valence-corrected chi connectivity index (χ0v) is 34.3. The van der Waals surface area contributed by atoms with Crippen LogP contribution in [0.15, 0.2) is 30.3 Å². The third-order valence-corrected chi connectivity index (χ3v) is 9.54. The van der Waals surface area contributed by atoms with Crippen molar-refractivity contribution in [3.05, 3.63) is 35.9 Å². The molecule has 6 unspecified atom stereocenters. The molecule has 1 aliphatic rings. The summed E-state index contributed by atoms with van der Waals surface area (Å²) in [4.78, 5) is 67.0. The fourth-order valence-corrected chi connectivity index (χ4v) is 5.89. The van der Waals surface area contributed by atoms with Crippen LogP contribution < -0.4 is 21.3 Å². The van der Waals surface area contributed by atoms with Gasteiger partial charge in [0.2, 0.25) is 29.5 Å². The standard InChI is InChI=1S/C29H54N6O7.C7H8.C3H8/c1-11-18(2)25(34(8)24(38)17-33-28(40)29(4,5)31-7)21(41-9)15-23(37)35-14-12-13-20(35)26(42-10)19(3)27(39)32-16-22(36)30-6;1-7-5-3-2-4-6-7;1-3-2/h18-21,25-26,31H,11-17H2,1-10H3,(H,30,36)(H,32,39)(H,33,40);2-6H,1H3;3H2,1-2H3. The number of nitrogens with one attached hydrogen (secondary N) is 4. The van der Waals surface area contributed by atoms with Crippen molar-refractivity contribution in [3.63, 3.8) is 0 Å². The molecule has 52 heavy (non-hydrogen) atoms. The number of likely N-dealkylation sites (N-methyl/N-ethyl adjacent to an activating group) is 3. The van der Waals surface area contributed by atoms with E-state index in [9.17, 15) is 24.0 Å². The summed E-state index contributed by atoms with van der Waals surface area (Å²) in [7, 11) is 7.89. The highest BCUT2D eigenvalue weighted by atomic mass is 16.5. The van der Waals surface area contributed by atoms with Gasteiger partial charge < -0.3 is 40.5 Å². The van der Waals surface area contributed by atoms with E-state index in [1.165, 1.54) is 33.3 Å². The van der Waals surface area contributed by atoms with E-state index in [0.29, 0.717) is 13.0 Å². The molecule has 1 heterocycles. The predicted octanol–water partition coefficient (Wildman–Crippen LogP) is 3.29. The minimum atomic E-state index is -0.828. The topological polar surface area (TPSA) is 158 Å². The second-order valence-corrected chi connectivity index (χ2v) is 14.0. The first-order valence-corrected chi connectivity index (χ1v) is 18.6. The molecule has 0 aromatic heterocycles. The van der Waals surface area contributed by atoms with E-state index in [1.807, 2.05) is 32.0 Å². The van der Waals surface area contributed by atoms with Crippen molar-refractivity contribution < 1.29 is 33.4 Å². The Hall–Kier alpha value is -3.55. The maximum Gasteiger partial charge on any atom is 0.242 e. The Morgan fingerprint density at radius 3 is 2.02 bits per heavy atom. The molecule has 0 radical (unpaired) electrons. The zero-order valence-electron chi connectivity index (χ0n) is 34.3. The number of methoxy groups -OCH3 is 2. The van der Waals surface area contributed by atoms with Crippen LogP contribution in [-0.2, 0) is 33.4 Å². The first-order chi connectivity index (χ1) is 24.5. The summed E-state index contributed by atoms with van der Waals surface area (Å²) < 4.78 is 11.6. The molecule has 1 fully saturated rings. The van der Waals surface area contributed by atoms with E-state index in [0.717, 1.165) is 12.8 Å². The molecule has 1 aromatic carbocycles. The van der Waals surface area contributed by atoms with Gasteiger partial charge in [-0.2, -0.15) is 0 Å². The van der Waals surface area contributed by atoms with E-state index < -0.39 is 29.7 Å². The van der Waals surface area contributed by atoms with Gasteiger partial charge in [-0.05, 0) is 46.6 Å². The van der Waals surface area contributed by atoms with Crippen molar-refractivity contribution in [1.29, 1.82) is 0 Å². The summed E-state index contributed by atoms with van der Waals surface area (Å²) in [6.07, 6.45) is 2.30. The number of hydrogen-bond donors (Lipinski definition) is 4. The Kier molecular flexibility index (Phi) is 23.7. The molecule has 1 aliphatic heterocycles. The van der Waals surface area contributed by atoms with Crippen molar-refractivity contribution in [1.82, 2.24) is 31.1 Å². The number of rotatable bonds is 17. The molecule has 0 bridgehead atoms. The van der Waals surface area contributed by atoms with Crippen LogP contribution in [0.2, 0.25) is 0 Å². The molecular formula is C39H70N6O7. The van der Waals surface area contributed by atoms with Crippen LogP contribution in [0.5, 0.6) is 0 Å². The molecule has 2 rings (SSSR count). The second kappa shape index (κ2) is 25.4. The smallest absolute Gasteiger partial charge is 0.242 e. The van der Waals surface area contributed by atoms with Gasteiger partial charge in [-0.3, -0.25) is 24.0 Å². The van der Waals surface area contributed by atoms with Gasteiger partial charge in [0, 0.05) is 34.9 Å². The van der Waals surface area contributed by atoms with Gasteiger partial charge in [-0.25, -0.2) is 0 Å². The van der Waals surface area contributed by atoms with Crippen LogP contribution in [0, 0.1) is 18.8 Å². The molecule has 4 N–H and O–H groups in total. The Bertz CT molecular complexity index is 1210. The Balaban J connectivity index is 0.00000224. The lowest BCUT2D eigenvalue weighted by Gasteiger charge is -2.39. The monoisotopic (exact) mass is 735 g/mol. The number of aryl methyl sites for hydroxylation is 1. The largest absolute Gasteiger partial charge is 0.379 e. The van der Waals surface area contributed by atoms with Crippen LogP contribution in [-0.4, -0.2) is 124 Å². The fraction of sp³-hybridized carbons (Fsp3) is 0.718. The Morgan fingerprint density at radius 1 is 0.962 bits per heavy atom. The van der Waals surface area contributed by atoms with Gasteiger partial charge in [0.05, 0.1) is 55.3 Å². The fourth-order valence-electron chi connectivity index (χ4n) is 5.89. The summed E-state index contributed by atoms with van der Waals surface area (Å²) in [6, 6.07) is 9.52. The van der Waals surface area contributed by atoms with Gasteiger partial charge >= 0.3 is 0 Å². The van der Waals surface area contributed by atoms with Gasteiger partial charge in [0.1, 0.15) is 0 Å². The number of carbonyl (C=O) groups excluding carboxylic acids is 5. The highest BCUT2D eigenvalue weighted by Gasteiger charge is 2.42. The van der Waals surface area contributed by atoms with Gasteiger partial charge in [0.15, 0.2) is 0 Å². The Labute approximate surface area is 313 Å². The third-order valence-electron chi connectivity index (χ3n) is 9.54. The summed E-state index contributed by atoms with van der Waals surface area (Å²) in [5.41, 5.74) is 0.493. The third kappa shape index (κ3) is 16.0. The van der Waals surface area contributed by atoms with Gasteiger partial charge in [-0.15, -0.1) is 0 Å². The summed E-state index contributed by atoms with van der Waals surface area (Å²) in [5, 5.41) is 10.7. The normalized spacial score (nSPS) is 16.7. The lowest BCUT2D eigenvalue weighted by Crippen LogP contribution is -2.56. The molecule has 0 saturated carbocycles. The molecule has 5 amide bonds. The van der Waals surface area contributed by atoms with E-state index >= 15 is 0 Å². The number of nitrogens with zero attached hydrogens (tertiary/aromatic N) is 2. The second-order valence-electron chi connectivity index (χ2n) is 14.0. The minimum absolute atomic E-state index is 0.00582. The van der Waals surface area contributed by atoms with Crippen LogP contribution in [0.4, 0.5) is 0 Å². The molecule has 0 aliphatic carbocycles. The SMILES string of the molecule is CCC.CCC(C)C(C(CC(=O)N1CCCC1C(OC)C(C)C(=O)NCC(=O)NC)OC)N(C)C(=O)CNC(=O)C(C)(C)NC.Cc1ccccc1. The van der Waals surface area contributed by atoms with E-state index in [2.05, 4.69) is 54.2 Å². The highest BCUT2D eigenvalue weighted by Crippen LogP contribution is 2.29. The van der Waals surface area contributed by atoms with Crippen molar-refractivity contribution >= 4 is 29.5 Å². The molecule has 0 spiro atoms. The molecule has 1 aromatic rings. The average molecular weight is 735 g/mol. The molecule has 13 heteroatoms. The van der Waals surface area contributed by atoms with E-state index in [-0.39, 0.29) is 61.0 Å². The van der Waals surface area contributed by atoms with Crippen molar-refractivity contribution in [3.8, 4) is 0 Å². The van der Waals surface area contributed by atoms with Crippen molar-refractivity contribution in [2.24, 2.45) is 11.8 Å². The molecular weight excluding hydrogens is 664 g/mol. The molecule has 13 nitrogen and oxygen atoms in total. The number of carbonyl (C=O) groups is 5. The van der Waals surface area contributed by atoms with Crippen molar-refractivity contribution in [2.75, 3.05) is 55.0 Å². The van der Waals surface area contributed by atoms with Crippen LogP contribution in [0.1, 0.15) is 86.1 Å². The quantitative estimate of drug-likeness (QED) is 0.190. The van der Waals surface area contributed by atoms with E-state index in [4.69, 9.17) is 9.47 Å². The lowest BCUT2D eigenvalue weighted by atomic mass is 9.90. The minimum Gasteiger partial charge on any atom is -0.379 e. The van der Waals surface area contributed by atoms with Gasteiger partial charge in [0.25, 0.3) is 0 Å². The number of benzene rings is 1. The van der Waals surface area contributed by atoms with Crippen LogP contribution in [0.25, 0.3) is 0 Å². The average Bonchev–Trinajstić information content (AvgIpc) is 3.62. The summed E-state index contributed by atoms with van der Waals surface area (Å²) in [5.74, 6) is -1.97. The van der Waals surface area contributed by atoms with Crippen LogP contribution >= 0.6 is 0 Å². The lowest BCUT2D eigenvalue weighted by molar-refractivity contribution is -0.146. The molecule has 6 atom stereocenters. The van der Waals surface area contributed by atoms with E-state index in [1.54, 1.807) is 44.7 Å². The number of ether oxygens (including phenoxy) is 2. The maximum atomic E-state index is 13.7. The molecule has 298 valence electrons.